The smallest absolute Gasteiger partial charge is 0.294 e. The minimum absolute atomic E-state index is 0.104. The van der Waals surface area contributed by atoms with Gasteiger partial charge in [-0.25, -0.2) is 4.39 Å². The molecule has 0 amide bonds. The number of alkyl halides is 3. The van der Waals surface area contributed by atoms with E-state index < -0.39 is 23.3 Å². The first-order valence-corrected chi connectivity index (χ1v) is 6.14. The molecule has 0 N–H and O–H groups in total. The largest absolute Gasteiger partial charge is 0.419 e. The highest BCUT2D eigenvalue weighted by Crippen LogP contribution is 2.32. The van der Waals surface area contributed by atoms with Crippen molar-refractivity contribution in [2.24, 2.45) is 0 Å². The number of ketones is 1. The maximum Gasteiger partial charge on any atom is 0.419 e. The first-order chi connectivity index (χ1) is 7.86. The minimum atomic E-state index is -4.78. The van der Waals surface area contributed by atoms with E-state index in [2.05, 4.69) is 0 Å². The van der Waals surface area contributed by atoms with Crippen LogP contribution in [0.15, 0.2) is 18.2 Å². The Labute approximate surface area is 100 Å². The lowest BCUT2D eigenvalue weighted by Crippen LogP contribution is -2.10. The number of benzene rings is 1. The van der Waals surface area contributed by atoms with Crippen LogP contribution in [0.25, 0.3) is 0 Å². The molecule has 0 bridgehead atoms. The van der Waals surface area contributed by atoms with Crippen molar-refractivity contribution in [3.8, 4) is 0 Å². The number of carbonyl (C=O) groups excluding carboxylic acids is 1. The summed E-state index contributed by atoms with van der Waals surface area (Å²) in [5.74, 6) is -1.25. The number of rotatable bonds is 4. The standard InChI is InChI=1S/C11H10F4OS/c1-17-5-4-10(16)7-2-3-9(12)8(6-7)11(13,14)15/h2-3,6H,4-5H2,1H3. The quantitative estimate of drug-likeness (QED) is 0.609. The highest BCUT2D eigenvalue weighted by atomic mass is 32.2. The Balaban J connectivity index is 3.00. The van der Waals surface area contributed by atoms with Crippen molar-refractivity contribution in [2.45, 2.75) is 12.6 Å². The van der Waals surface area contributed by atoms with E-state index in [9.17, 15) is 22.4 Å². The van der Waals surface area contributed by atoms with Crippen molar-refractivity contribution in [1.29, 1.82) is 0 Å². The molecule has 0 unspecified atom stereocenters. The molecule has 0 aliphatic rings. The molecule has 94 valence electrons. The molecule has 0 spiro atoms. The Kier molecular flexibility index (Phi) is 4.56. The van der Waals surface area contributed by atoms with Gasteiger partial charge in [0.15, 0.2) is 5.78 Å². The molecule has 0 aliphatic carbocycles. The summed E-state index contributed by atoms with van der Waals surface area (Å²) >= 11 is 1.42. The summed E-state index contributed by atoms with van der Waals surface area (Å²) < 4.78 is 50.1. The predicted octanol–water partition coefficient (Wildman–Crippen LogP) is 3.78. The Hall–Kier alpha value is -1.04. The number of hydrogen-bond acceptors (Lipinski definition) is 2. The Morgan fingerprint density at radius 3 is 2.53 bits per heavy atom. The lowest BCUT2D eigenvalue weighted by molar-refractivity contribution is -0.140. The first-order valence-electron chi connectivity index (χ1n) is 4.75. The average molecular weight is 266 g/mol. The molecule has 1 aromatic carbocycles. The average Bonchev–Trinajstić information content (AvgIpc) is 2.25. The second-order valence-corrected chi connectivity index (χ2v) is 4.34. The molecule has 0 aliphatic heterocycles. The summed E-state index contributed by atoms with van der Waals surface area (Å²) in [5, 5.41) is 0. The van der Waals surface area contributed by atoms with E-state index in [1.165, 1.54) is 11.8 Å². The maximum absolute atomic E-state index is 12.9. The topological polar surface area (TPSA) is 17.1 Å². The number of carbonyl (C=O) groups is 1. The third kappa shape index (κ3) is 3.73. The molecule has 0 radical (unpaired) electrons. The van der Waals surface area contributed by atoms with E-state index in [0.717, 1.165) is 6.07 Å². The summed E-state index contributed by atoms with van der Waals surface area (Å²) in [6.07, 6.45) is -2.84. The van der Waals surface area contributed by atoms with Crippen LogP contribution >= 0.6 is 11.8 Å². The molecule has 0 heterocycles. The zero-order valence-electron chi connectivity index (χ0n) is 8.97. The molecule has 1 aromatic rings. The fraction of sp³-hybridized carbons (Fsp3) is 0.364. The second kappa shape index (κ2) is 5.53. The first kappa shape index (κ1) is 14.0. The van der Waals surface area contributed by atoms with Crippen LogP contribution in [-0.4, -0.2) is 17.8 Å². The van der Waals surface area contributed by atoms with Gasteiger partial charge in [-0.15, -0.1) is 0 Å². The molecule has 17 heavy (non-hydrogen) atoms. The number of halogens is 4. The summed E-state index contributed by atoms with van der Waals surface area (Å²) in [4.78, 5) is 11.5. The van der Waals surface area contributed by atoms with Crippen molar-refractivity contribution in [3.63, 3.8) is 0 Å². The Morgan fingerprint density at radius 2 is 2.00 bits per heavy atom. The fourth-order valence-corrected chi connectivity index (χ4v) is 1.64. The second-order valence-electron chi connectivity index (χ2n) is 3.36. The maximum atomic E-state index is 12.9. The van der Waals surface area contributed by atoms with Crippen molar-refractivity contribution >= 4 is 17.5 Å². The van der Waals surface area contributed by atoms with Crippen LogP contribution in [0.4, 0.5) is 17.6 Å². The highest BCUT2D eigenvalue weighted by Gasteiger charge is 2.34. The Bertz CT molecular complexity index is 414. The van der Waals surface area contributed by atoms with Crippen LogP contribution in [0.2, 0.25) is 0 Å². The molecular formula is C11H10F4OS. The lowest BCUT2D eigenvalue weighted by atomic mass is 10.0. The molecule has 0 saturated carbocycles. The summed E-state index contributed by atoms with van der Waals surface area (Å²) in [7, 11) is 0. The van der Waals surface area contributed by atoms with Crippen molar-refractivity contribution in [1.82, 2.24) is 0 Å². The number of thioether (sulfide) groups is 1. The summed E-state index contributed by atoms with van der Waals surface area (Å²) in [6, 6.07) is 2.32. The van der Waals surface area contributed by atoms with Gasteiger partial charge in [0.2, 0.25) is 0 Å². The van der Waals surface area contributed by atoms with E-state index in [1.54, 1.807) is 6.26 Å². The van der Waals surface area contributed by atoms with Gasteiger partial charge in [0.1, 0.15) is 5.82 Å². The van der Waals surface area contributed by atoms with E-state index in [4.69, 9.17) is 0 Å². The molecule has 0 atom stereocenters. The highest BCUT2D eigenvalue weighted by molar-refractivity contribution is 7.98. The van der Waals surface area contributed by atoms with Gasteiger partial charge in [-0.2, -0.15) is 24.9 Å². The molecular weight excluding hydrogens is 256 g/mol. The predicted molar refractivity (Wildman–Crippen MR) is 58.7 cm³/mol. The molecule has 0 aromatic heterocycles. The number of Topliss-reactive ketones (excluding diaryl/α,β-unsaturated/α-hetero) is 1. The molecule has 6 heteroatoms. The molecule has 1 rings (SSSR count). The van der Waals surface area contributed by atoms with Gasteiger partial charge in [0.25, 0.3) is 0 Å². The normalized spacial score (nSPS) is 11.6. The van der Waals surface area contributed by atoms with Gasteiger partial charge in [0.05, 0.1) is 5.56 Å². The van der Waals surface area contributed by atoms with Gasteiger partial charge < -0.3 is 0 Å². The summed E-state index contributed by atoms with van der Waals surface area (Å²) in [5.41, 5.74) is -1.50. The van der Waals surface area contributed by atoms with Gasteiger partial charge in [0, 0.05) is 17.7 Å². The molecule has 1 nitrogen and oxygen atoms in total. The third-order valence-corrected chi connectivity index (χ3v) is 2.74. The molecule has 0 saturated heterocycles. The fourth-order valence-electron chi connectivity index (χ4n) is 1.26. The zero-order valence-corrected chi connectivity index (χ0v) is 9.79. The van der Waals surface area contributed by atoms with Crippen LogP contribution < -0.4 is 0 Å². The van der Waals surface area contributed by atoms with Gasteiger partial charge in [-0.3, -0.25) is 4.79 Å². The SMILES string of the molecule is CSCCC(=O)c1ccc(F)c(C(F)(F)F)c1. The zero-order chi connectivity index (χ0) is 13.1. The van der Waals surface area contributed by atoms with Crippen LogP contribution in [0, 0.1) is 5.82 Å². The van der Waals surface area contributed by atoms with Crippen molar-refractivity contribution in [2.75, 3.05) is 12.0 Å². The van der Waals surface area contributed by atoms with Crippen LogP contribution in [0.5, 0.6) is 0 Å². The lowest BCUT2D eigenvalue weighted by Gasteiger charge is -2.09. The monoisotopic (exact) mass is 266 g/mol. The van der Waals surface area contributed by atoms with Crippen LogP contribution in [-0.2, 0) is 6.18 Å². The van der Waals surface area contributed by atoms with E-state index in [1.807, 2.05) is 0 Å². The summed E-state index contributed by atoms with van der Waals surface area (Å²) in [6.45, 7) is 0. The van der Waals surface area contributed by atoms with Crippen molar-refractivity contribution in [3.05, 3.63) is 35.1 Å². The van der Waals surface area contributed by atoms with E-state index in [0.29, 0.717) is 17.9 Å². The van der Waals surface area contributed by atoms with Crippen LogP contribution in [0.1, 0.15) is 22.3 Å². The van der Waals surface area contributed by atoms with Gasteiger partial charge >= 0.3 is 6.18 Å². The van der Waals surface area contributed by atoms with Gasteiger partial charge in [-0.1, -0.05) is 0 Å². The van der Waals surface area contributed by atoms with E-state index >= 15 is 0 Å². The van der Waals surface area contributed by atoms with E-state index in [-0.39, 0.29) is 12.0 Å². The van der Waals surface area contributed by atoms with Crippen molar-refractivity contribution < 1.29 is 22.4 Å². The Morgan fingerprint density at radius 1 is 1.35 bits per heavy atom. The molecule has 0 fully saturated rings. The van der Waals surface area contributed by atoms with Crippen LogP contribution in [0.3, 0.4) is 0 Å². The minimum Gasteiger partial charge on any atom is -0.294 e. The third-order valence-electron chi connectivity index (χ3n) is 2.13. The number of hydrogen-bond donors (Lipinski definition) is 0. The van der Waals surface area contributed by atoms with Gasteiger partial charge in [-0.05, 0) is 24.5 Å².